The van der Waals surface area contributed by atoms with Gasteiger partial charge in [-0.3, -0.25) is 0 Å². The van der Waals surface area contributed by atoms with Gasteiger partial charge in [0.2, 0.25) is 0 Å². The van der Waals surface area contributed by atoms with Crippen molar-refractivity contribution in [2.24, 2.45) is 0 Å². The second kappa shape index (κ2) is 6.71. The molecular weight excluding hydrogens is 293 g/mol. The first kappa shape index (κ1) is 17.5. The smallest absolute Gasteiger partial charge is 0.318 e. The molecule has 1 aliphatic rings. The normalized spacial score (nSPS) is 20.4. The van der Waals surface area contributed by atoms with Gasteiger partial charge in [0.15, 0.2) is 0 Å². The topological polar surface area (TPSA) is 53.2 Å². The van der Waals surface area contributed by atoms with Crippen molar-refractivity contribution < 1.29 is 9.18 Å². The van der Waals surface area contributed by atoms with Gasteiger partial charge >= 0.3 is 6.03 Å². The molecule has 0 atom stereocenters. The van der Waals surface area contributed by atoms with Crippen LogP contribution in [-0.4, -0.2) is 23.2 Å². The number of halogens is 1. The predicted molar refractivity (Wildman–Crippen MR) is 91.4 cm³/mol. The van der Waals surface area contributed by atoms with Gasteiger partial charge in [-0.1, -0.05) is 12.1 Å². The lowest BCUT2D eigenvalue weighted by Crippen LogP contribution is -2.62. The summed E-state index contributed by atoms with van der Waals surface area (Å²) in [6, 6.07) is 5.99. The van der Waals surface area contributed by atoms with E-state index in [4.69, 9.17) is 0 Å². The Labute approximate surface area is 137 Å². The highest BCUT2D eigenvalue weighted by Crippen LogP contribution is 2.28. The molecule has 0 aromatic heterocycles. The highest BCUT2D eigenvalue weighted by molar-refractivity contribution is 5.76. The lowest BCUT2D eigenvalue weighted by Gasteiger charge is -2.46. The van der Waals surface area contributed by atoms with Crippen LogP contribution in [-0.2, 0) is 0 Å². The van der Waals surface area contributed by atoms with E-state index in [9.17, 15) is 9.18 Å². The molecule has 0 aliphatic carbocycles. The van der Waals surface area contributed by atoms with E-state index in [1.807, 2.05) is 0 Å². The Hall–Kier alpha value is -1.88. The van der Waals surface area contributed by atoms with Crippen LogP contribution in [0.2, 0.25) is 0 Å². The number of hydrogen-bond donors (Lipinski definition) is 3. The van der Waals surface area contributed by atoms with Crippen LogP contribution in [0.25, 0.3) is 6.08 Å². The summed E-state index contributed by atoms with van der Waals surface area (Å²) in [5.74, 6) is -0.274. The maximum Gasteiger partial charge on any atom is 0.318 e. The highest BCUT2D eigenvalue weighted by atomic mass is 19.1. The van der Waals surface area contributed by atoms with Crippen molar-refractivity contribution in [3.63, 3.8) is 0 Å². The molecule has 0 spiro atoms. The van der Waals surface area contributed by atoms with Gasteiger partial charge in [0.05, 0.1) is 0 Å². The van der Waals surface area contributed by atoms with Crippen molar-refractivity contribution in [1.82, 2.24) is 16.0 Å². The standard InChI is InChI=1S/C18H26FN3O/c1-17(2)11-15(12-18(3,4)22-17)21-16(23)20-10-9-13-5-7-14(19)8-6-13/h5-10,15,22H,11-12H2,1-4H3,(H2,20,21,23)/b10-9+. The Morgan fingerprint density at radius 3 is 2.30 bits per heavy atom. The Kier molecular flexibility index (Phi) is 5.09. The van der Waals surface area contributed by atoms with Gasteiger partial charge in [0.25, 0.3) is 0 Å². The third kappa shape index (κ3) is 5.67. The van der Waals surface area contributed by atoms with Gasteiger partial charge < -0.3 is 16.0 Å². The molecule has 0 radical (unpaired) electrons. The largest absolute Gasteiger partial charge is 0.335 e. The van der Waals surface area contributed by atoms with Crippen molar-refractivity contribution in [1.29, 1.82) is 0 Å². The maximum absolute atomic E-state index is 12.8. The summed E-state index contributed by atoms with van der Waals surface area (Å²) < 4.78 is 12.8. The number of carbonyl (C=O) groups is 1. The van der Waals surface area contributed by atoms with Crippen LogP contribution >= 0.6 is 0 Å². The van der Waals surface area contributed by atoms with E-state index in [1.54, 1.807) is 24.4 Å². The third-order valence-corrected chi connectivity index (χ3v) is 3.89. The first-order valence-corrected chi connectivity index (χ1v) is 7.94. The van der Waals surface area contributed by atoms with E-state index < -0.39 is 0 Å². The monoisotopic (exact) mass is 319 g/mol. The average Bonchev–Trinajstić information content (AvgIpc) is 2.37. The molecule has 126 valence electrons. The second-order valence-corrected chi connectivity index (χ2v) is 7.50. The fraction of sp³-hybridized carbons (Fsp3) is 0.500. The van der Waals surface area contributed by atoms with E-state index in [-0.39, 0.29) is 29.0 Å². The van der Waals surface area contributed by atoms with Crippen molar-refractivity contribution >= 4 is 12.1 Å². The minimum atomic E-state index is -0.274. The summed E-state index contributed by atoms with van der Waals surface area (Å²) in [7, 11) is 0. The predicted octanol–water partition coefficient (Wildman–Crippen LogP) is 3.40. The molecule has 1 aliphatic heterocycles. The Morgan fingerprint density at radius 1 is 1.17 bits per heavy atom. The zero-order valence-electron chi connectivity index (χ0n) is 14.2. The van der Waals surface area contributed by atoms with Crippen LogP contribution in [0.3, 0.4) is 0 Å². The average molecular weight is 319 g/mol. The number of amides is 2. The molecule has 1 aromatic carbocycles. The van der Waals surface area contributed by atoms with E-state index in [0.29, 0.717) is 0 Å². The number of urea groups is 1. The van der Waals surface area contributed by atoms with E-state index in [2.05, 4.69) is 43.6 Å². The molecule has 1 aromatic rings. The Balaban J connectivity index is 1.86. The van der Waals surface area contributed by atoms with Crippen LogP contribution < -0.4 is 16.0 Å². The molecule has 2 amide bonds. The molecule has 1 heterocycles. The number of rotatable bonds is 3. The summed E-state index contributed by atoms with van der Waals surface area (Å²) >= 11 is 0. The molecule has 0 unspecified atom stereocenters. The van der Waals surface area contributed by atoms with Crippen LogP contribution in [0.15, 0.2) is 30.5 Å². The number of piperidine rings is 1. The van der Waals surface area contributed by atoms with Crippen molar-refractivity contribution in [3.05, 3.63) is 41.8 Å². The van der Waals surface area contributed by atoms with Crippen LogP contribution in [0, 0.1) is 5.82 Å². The summed E-state index contributed by atoms with van der Waals surface area (Å²) in [5.41, 5.74) is 0.809. The van der Waals surface area contributed by atoms with Gasteiger partial charge in [0.1, 0.15) is 5.82 Å². The third-order valence-electron chi connectivity index (χ3n) is 3.89. The van der Waals surface area contributed by atoms with E-state index in [0.717, 1.165) is 18.4 Å². The molecule has 23 heavy (non-hydrogen) atoms. The minimum Gasteiger partial charge on any atom is -0.335 e. The minimum absolute atomic E-state index is 0.0103. The molecule has 0 bridgehead atoms. The number of carbonyl (C=O) groups excluding carboxylic acids is 1. The molecule has 4 nitrogen and oxygen atoms in total. The van der Waals surface area contributed by atoms with Gasteiger partial charge in [-0.25, -0.2) is 9.18 Å². The fourth-order valence-corrected chi connectivity index (χ4v) is 3.44. The maximum atomic E-state index is 12.8. The number of benzene rings is 1. The summed E-state index contributed by atoms with van der Waals surface area (Å²) in [6.07, 6.45) is 5.06. The van der Waals surface area contributed by atoms with E-state index in [1.165, 1.54) is 12.1 Å². The molecular formula is C18H26FN3O. The molecule has 0 saturated carbocycles. The summed E-state index contributed by atoms with van der Waals surface area (Å²) in [5, 5.41) is 9.32. The highest BCUT2D eigenvalue weighted by Gasteiger charge is 2.38. The zero-order chi connectivity index (χ0) is 17.1. The molecule has 1 fully saturated rings. The molecule has 1 saturated heterocycles. The van der Waals surface area contributed by atoms with Crippen LogP contribution in [0.4, 0.5) is 9.18 Å². The van der Waals surface area contributed by atoms with Crippen LogP contribution in [0.1, 0.15) is 46.1 Å². The molecule has 5 heteroatoms. The Bertz CT molecular complexity index is 562. The SMILES string of the molecule is CC1(C)CC(NC(=O)N/C=C/c2ccc(F)cc2)CC(C)(C)N1. The first-order valence-electron chi connectivity index (χ1n) is 7.94. The molecule has 3 N–H and O–H groups in total. The van der Waals surface area contributed by atoms with Crippen molar-refractivity contribution in [3.8, 4) is 0 Å². The van der Waals surface area contributed by atoms with Gasteiger partial charge in [-0.2, -0.15) is 0 Å². The van der Waals surface area contributed by atoms with Crippen molar-refractivity contribution in [2.75, 3.05) is 0 Å². The first-order chi connectivity index (χ1) is 10.7. The van der Waals surface area contributed by atoms with Crippen LogP contribution in [0.5, 0.6) is 0 Å². The lowest BCUT2D eigenvalue weighted by molar-refractivity contribution is 0.148. The van der Waals surface area contributed by atoms with Gasteiger partial charge in [-0.15, -0.1) is 0 Å². The van der Waals surface area contributed by atoms with Gasteiger partial charge in [-0.05, 0) is 64.3 Å². The number of nitrogens with one attached hydrogen (secondary N) is 3. The number of hydrogen-bond acceptors (Lipinski definition) is 2. The fourth-order valence-electron chi connectivity index (χ4n) is 3.44. The lowest BCUT2D eigenvalue weighted by atomic mass is 9.80. The zero-order valence-corrected chi connectivity index (χ0v) is 14.2. The Morgan fingerprint density at radius 2 is 1.74 bits per heavy atom. The summed E-state index contributed by atoms with van der Waals surface area (Å²) in [4.78, 5) is 12.0. The molecule has 2 rings (SSSR count). The van der Waals surface area contributed by atoms with Gasteiger partial charge in [0, 0.05) is 23.3 Å². The van der Waals surface area contributed by atoms with Crippen molar-refractivity contribution in [2.45, 2.75) is 57.7 Å². The quantitative estimate of drug-likeness (QED) is 0.800. The second-order valence-electron chi connectivity index (χ2n) is 7.50. The van der Waals surface area contributed by atoms with E-state index >= 15 is 0 Å². The summed E-state index contributed by atoms with van der Waals surface area (Å²) in [6.45, 7) is 8.59.